The van der Waals surface area contributed by atoms with Crippen LogP contribution >= 0.6 is 11.8 Å². The summed E-state index contributed by atoms with van der Waals surface area (Å²) in [5.41, 5.74) is 0. The largest absolute Gasteiger partial charge is 0.318 e. The van der Waals surface area contributed by atoms with E-state index in [-0.39, 0.29) is 0 Å². The lowest BCUT2D eigenvalue weighted by molar-refractivity contribution is -0.897. The zero-order valence-electron chi connectivity index (χ0n) is 23.2. The number of thioether (sulfide) groups is 1. The molecule has 0 aromatic heterocycles. The molecule has 0 radical (unpaired) electrons. The van der Waals surface area contributed by atoms with Crippen LogP contribution in [0.1, 0.15) is 162 Å². The summed E-state index contributed by atoms with van der Waals surface area (Å²) in [6.07, 6.45) is 31.8. The smallest absolute Gasteiger partial charge is 0.125 e. The second-order valence-electron chi connectivity index (χ2n) is 10.8. The maximum atomic E-state index is 2.56. The van der Waals surface area contributed by atoms with Crippen LogP contribution in [0.15, 0.2) is 0 Å². The van der Waals surface area contributed by atoms with Crippen LogP contribution in [0.25, 0.3) is 0 Å². The fraction of sp³-hybridized carbons (Fsp3) is 1.00. The van der Waals surface area contributed by atoms with Crippen LogP contribution < -0.4 is 0 Å². The van der Waals surface area contributed by atoms with Gasteiger partial charge in [-0.15, -0.1) is 11.8 Å². The van der Waals surface area contributed by atoms with Gasteiger partial charge in [-0.1, -0.05) is 130 Å². The van der Waals surface area contributed by atoms with Gasteiger partial charge < -0.3 is 4.48 Å². The maximum absolute atomic E-state index is 2.56. The van der Waals surface area contributed by atoms with Gasteiger partial charge in [0, 0.05) is 0 Å². The SMILES string of the molecule is CCCCCCCCCCCC[N+](C)(CCCCCCCCCCCC)CSCCCC. The quantitative estimate of drug-likeness (QED) is 0.0653. The van der Waals surface area contributed by atoms with Crippen molar-refractivity contribution in [3.63, 3.8) is 0 Å². The number of nitrogens with zero attached hydrogens (tertiary/aromatic N) is 1. The molecule has 1 nitrogen and oxygen atoms in total. The Balaban J connectivity index is 3.88. The molecule has 0 aliphatic rings. The predicted octanol–water partition coefficient (Wildman–Crippen LogP) is 10.8. The minimum atomic E-state index is 1.32. The normalized spacial score (nSPS) is 12.0. The summed E-state index contributed by atoms with van der Waals surface area (Å²) < 4.78 is 1.32. The Bertz CT molecular complexity index is 320. The molecule has 0 amide bonds. The van der Waals surface area contributed by atoms with E-state index in [1.54, 1.807) is 0 Å². The fourth-order valence-electron chi connectivity index (χ4n) is 4.73. The molecule has 0 aromatic carbocycles. The minimum absolute atomic E-state index is 1.32. The molecule has 0 saturated heterocycles. The minimum Gasteiger partial charge on any atom is -0.318 e. The third-order valence-electron chi connectivity index (χ3n) is 7.15. The molecular weight excluding hydrogens is 406 g/mol. The van der Waals surface area contributed by atoms with E-state index in [0.717, 1.165) is 0 Å². The first kappa shape index (κ1) is 32.3. The van der Waals surface area contributed by atoms with Crippen molar-refractivity contribution in [3.05, 3.63) is 0 Å². The fourth-order valence-corrected chi connectivity index (χ4v) is 6.06. The highest BCUT2D eigenvalue weighted by Gasteiger charge is 2.20. The standard InChI is InChI=1S/C30H64NS/c1-5-8-11-13-15-17-19-21-23-25-27-31(4,30-32-29-10-7-3)28-26-24-22-20-18-16-14-12-9-6-2/h5-30H2,1-4H3/q+1. The molecule has 0 aromatic rings. The van der Waals surface area contributed by atoms with Crippen molar-refractivity contribution < 1.29 is 4.48 Å². The number of hydrogen-bond donors (Lipinski definition) is 0. The summed E-state index contributed by atoms with van der Waals surface area (Å²) in [5.74, 6) is 2.70. The van der Waals surface area contributed by atoms with Gasteiger partial charge in [-0.05, 0) is 37.9 Å². The Morgan fingerprint density at radius 2 is 0.719 bits per heavy atom. The van der Waals surface area contributed by atoms with Crippen LogP contribution in [-0.2, 0) is 0 Å². The van der Waals surface area contributed by atoms with Crippen molar-refractivity contribution in [1.29, 1.82) is 0 Å². The average molecular weight is 471 g/mol. The van der Waals surface area contributed by atoms with Gasteiger partial charge in [0.15, 0.2) is 0 Å². The molecule has 0 N–H and O–H groups in total. The van der Waals surface area contributed by atoms with Crippen LogP contribution in [0, 0.1) is 0 Å². The topological polar surface area (TPSA) is 0 Å². The van der Waals surface area contributed by atoms with E-state index in [2.05, 4.69) is 39.6 Å². The summed E-state index contributed by atoms with van der Waals surface area (Å²) in [7, 11) is 2.56. The summed E-state index contributed by atoms with van der Waals surface area (Å²) in [6, 6.07) is 0. The lowest BCUT2D eigenvalue weighted by atomic mass is 10.1. The summed E-state index contributed by atoms with van der Waals surface area (Å²) in [6.45, 7) is 9.76. The van der Waals surface area contributed by atoms with Crippen molar-refractivity contribution in [2.24, 2.45) is 0 Å². The molecule has 0 aliphatic heterocycles. The number of hydrogen-bond acceptors (Lipinski definition) is 1. The molecule has 2 heteroatoms. The Hall–Kier alpha value is 0.310. The lowest BCUT2D eigenvalue weighted by Crippen LogP contribution is -2.45. The molecule has 0 heterocycles. The summed E-state index contributed by atoms with van der Waals surface area (Å²) >= 11 is 2.22. The van der Waals surface area contributed by atoms with Gasteiger partial charge >= 0.3 is 0 Å². The highest BCUT2D eigenvalue weighted by molar-refractivity contribution is 7.99. The Kier molecular flexibility index (Phi) is 26.2. The number of quaternary nitrogens is 1. The monoisotopic (exact) mass is 470 g/mol. The Morgan fingerprint density at radius 3 is 1.06 bits per heavy atom. The second-order valence-corrected chi connectivity index (χ2v) is 11.9. The molecule has 0 unspecified atom stereocenters. The van der Waals surface area contributed by atoms with Crippen molar-refractivity contribution >= 4 is 11.8 Å². The first-order chi connectivity index (χ1) is 15.7. The van der Waals surface area contributed by atoms with Gasteiger partial charge in [0.1, 0.15) is 5.88 Å². The molecule has 0 bridgehead atoms. The van der Waals surface area contributed by atoms with Crippen LogP contribution in [0.2, 0.25) is 0 Å². The van der Waals surface area contributed by atoms with Gasteiger partial charge in [-0.2, -0.15) is 0 Å². The van der Waals surface area contributed by atoms with Crippen molar-refractivity contribution in [2.75, 3.05) is 31.8 Å². The highest BCUT2D eigenvalue weighted by atomic mass is 32.2. The van der Waals surface area contributed by atoms with Gasteiger partial charge in [0.05, 0.1) is 20.1 Å². The molecule has 0 spiro atoms. The summed E-state index contributed by atoms with van der Waals surface area (Å²) in [4.78, 5) is 0. The zero-order chi connectivity index (χ0) is 23.6. The van der Waals surface area contributed by atoms with E-state index in [0.29, 0.717) is 0 Å². The maximum Gasteiger partial charge on any atom is 0.125 e. The molecule has 32 heavy (non-hydrogen) atoms. The first-order valence-corrected chi connectivity index (χ1v) is 16.2. The third-order valence-corrected chi connectivity index (χ3v) is 8.53. The second kappa shape index (κ2) is 25.9. The molecule has 194 valence electrons. The molecule has 0 rings (SSSR count). The van der Waals surface area contributed by atoms with E-state index in [1.165, 1.54) is 170 Å². The van der Waals surface area contributed by atoms with Gasteiger partial charge in [0.25, 0.3) is 0 Å². The number of unbranched alkanes of at least 4 members (excludes halogenated alkanes) is 19. The third kappa shape index (κ3) is 23.5. The van der Waals surface area contributed by atoms with Crippen LogP contribution in [0.5, 0.6) is 0 Å². The van der Waals surface area contributed by atoms with Crippen LogP contribution in [0.3, 0.4) is 0 Å². The van der Waals surface area contributed by atoms with Gasteiger partial charge in [-0.25, -0.2) is 0 Å². The molecule has 0 aliphatic carbocycles. The molecule has 0 fully saturated rings. The molecule has 0 saturated carbocycles. The highest BCUT2D eigenvalue weighted by Crippen LogP contribution is 2.19. The van der Waals surface area contributed by atoms with E-state index < -0.39 is 0 Å². The van der Waals surface area contributed by atoms with E-state index >= 15 is 0 Å². The molecule has 0 atom stereocenters. The van der Waals surface area contributed by atoms with Crippen molar-refractivity contribution in [1.82, 2.24) is 0 Å². The van der Waals surface area contributed by atoms with Crippen molar-refractivity contribution in [3.8, 4) is 0 Å². The van der Waals surface area contributed by atoms with Crippen LogP contribution in [-0.4, -0.2) is 36.2 Å². The van der Waals surface area contributed by atoms with Crippen molar-refractivity contribution in [2.45, 2.75) is 162 Å². The van der Waals surface area contributed by atoms with Gasteiger partial charge in [-0.3, -0.25) is 0 Å². The van der Waals surface area contributed by atoms with Gasteiger partial charge in [0.2, 0.25) is 0 Å². The van der Waals surface area contributed by atoms with E-state index in [4.69, 9.17) is 0 Å². The van der Waals surface area contributed by atoms with E-state index in [1.807, 2.05) is 0 Å². The Morgan fingerprint density at radius 1 is 0.406 bits per heavy atom. The zero-order valence-corrected chi connectivity index (χ0v) is 24.1. The Labute approximate surface area is 209 Å². The lowest BCUT2D eigenvalue weighted by Gasteiger charge is -2.34. The number of rotatable bonds is 27. The van der Waals surface area contributed by atoms with Crippen LogP contribution in [0.4, 0.5) is 0 Å². The predicted molar refractivity (Wildman–Crippen MR) is 152 cm³/mol. The summed E-state index contributed by atoms with van der Waals surface area (Å²) in [5, 5.41) is 0. The average Bonchev–Trinajstić information content (AvgIpc) is 2.79. The first-order valence-electron chi connectivity index (χ1n) is 15.1. The van der Waals surface area contributed by atoms with E-state index in [9.17, 15) is 0 Å². The molecular formula is C30H64NS+.